The van der Waals surface area contributed by atoms with Crippen molar-refractivity contribution in [3.63, 3.8) is 0 Å². The van der Waals surface area contributed by atoms with Gasteiger partial charge in [-0.2, -0.15) is 0 Å². The lowest BCUT2D eigenvalue weighted by Crippen LogP contribution is -2.60. The number of fused-ring (bicyclic) bond motifs is 1. The molecule has 0 bridgehead atoms. The fourth-order valence-corrected chi connectivity index (χ4v) is 5.09. The van der Waals surface area contributed by atoms with Crippen LogP contribution in [-0.2, 0) is 9.53 Å². The van der Waals surface area contributed by atoms with Gasteiger partial charge in [-0.1, -0.05) is 11.8 Å². The number of piperidine rings is 1. The first-order chi connectivity index (χ1) is 12.3. The van der Waals surface area contributed by atoms with Gasteiger partial charge in [0, 0.05) is 25.7 Å². The third-order valence-electron chi connectivity index (χ3n) is 4.79. The van der Waals surface area contributed by atoms with Crippen molar-refractivity contribution < 1.29 is 34.4 Å². The molecule has 3 heterocycles. The van der Waals surface area contributed by atoms with E-state index >= 15 is 0 Å². The number of thioether (sulfide) groups is 1. The molecule has 0 spiro atoms. The van der Waals surface area contributed by atoms with E-state index in [-0.39, 0.29) is 23.2 Å². The third-order valence-corrected chi connectivity index (χ3v) is 6.12. The molecule has 3 aliphatic heterocycles. The Kier molecular flexibility index (Phi) is 5.30. The highest BCUT2D eigenvalue weighted by Crippen LogP contribution is 2.50. The molecule has 0 aromatic heterocycles. The molecule has 2 amide bonds. The number of nitrogens with zero attached hydrogens (tertiary/aromatic N) is 2. The van der Waals surface area contributed by atoms with Crippen LogP contribution in [0, 0.1) is 5.92 Å². The van der Waals surface area contributed by atoms with E-state index in [2.05, 4.69) is 10.2 Å². The van der Waals surface area contributed by atoms with E-state index in [1.807, 2.05) is 0 Å². The average molecular weight is 387 g/mol. The van der Waals surface area contributed by atoms with Crippen LogP contribution in [0.3, 0.4) is 0 Å². The molecular weight excluding hydrogens is 366 g/mol. The number of β-lactam (4-membered cyclic amide) rings is 1. The minimum absolute atomic E-state index is 0.0279. The molecule has 3 aliphatic rings. The second kappa shape index (κ2) is 7.33. The number of ether oxygens (including phenoxy) is 1. The van der Waals surface area contributed by atoms with Gasteiger partial charge in [0.05, 0.1) is 16.9 Å². The summed E-state index contributed by atoms with van der Waals surface area (Å²) in [6, 6.07) is -0.0928. The van der Waals surface area contributed by atoms with Crippen molar-refractivity contribution in [1.29, 1.82) is 0 Å². The van der Waals surface area contributed by atoms with Crippen LogP contribution >= 0.6 is 11.8 Å². The minimum atomic E-state index is -1.49. The molecule has 0 aliphatic carbocycles. The van der Waals surface area contributed by atoms with Gasteiger partial charge in [-0.15, -0.1) is 0 Å². The SMILES string of the molecule is C[C@@H](O)[C@H]1C(=O)N2C(OC(=O)O)=C(CN3CCC(NC(=O)O)CC3)S[C@H]12. The second-order valence-corrected chi connectivity index (χ2v) is 7.79. The predicted molar refractivity (Wildman–Crippen MR) is 90.2 cm³/mol. The highest BCUT2D eigenvalue weighted by Gasteiger charge is 2.57. The molecule has 0 saturated carbocycles. The lowest BCUT2D eigenvalue weighted by atomic mass is 9.93. The number of carbonyl (C=O) groups is 3. The predicted octanol–water partition coefficient (Wildman–Crippen LogP) is 0.494. The number of carbonyl (C=O) groups excluding carboxylic acids is 1. The Hall–Kier alpha value is -1.98. The molecule has 0 aromatic carbocycles. The summed E-state index contributed by atoms with van der Waals surface area (Å²) in [5, 5.41) is 29.6. The first-order valence-electron chi connectivity index (χ1n) is 8.31. The fourth-order valence-electron chi connectivity index (χ4n) is 3.51. The van der Waals surface area contributed by atoms with Crippen LogP contribution < -0.4 is 5.32 Å². The van der Waals surface area contributed by atoms with Gasteiger partial charge in [-0.3, -0.25) is 14.6 Å². The van der Waals surface area contributed by atoms with Gasteiger partial charge in [0.2, 0.25) is 11.8 Å². The highest BCUT2D eigenvalue weighted by molar-refractivity contribution is 8.04. The van der Waals surface area contributed by atoms with Crippen LogP contribution in [0.5, 0.6) is 0 Å². The summed E-state index contributed by atoms with van der Waals surface area (Å²) < 4.78 is 4.85. The molecule has 3 rings (SSSR count). The molecule has 11 heteroatoms. The van der Waals surface area contributed by atoms with Crippen LogP contribution in [0.2, 0.25) is 0 Å². The summed E-state index contributed by atoms with van der Waals surface area (Å²) in [7, 11) is 0. The van der Waals surface area contributed by atoms with E-state index in [1.165, 1.54) is 23.6 Å². The van der Waals surface area contributed by atoms with Crippen molar-refractivity contribution in [1.82, 2.24) is 15.1 Å². The van der Waals surface area contributed by atoms with Gasteiger partial charge in [-0.25, -0.2) is 9.59 Å². The Morgan fingerprint density at radius 1 is 1.35 bits per heavy atom. The monoisotopic (exact) mass is 387 g/mol. The molecule has 2 fully saturated rings. The largest absolute Gasteiger partial charge is 0.512 e. The van der Waals surface area contributed by atoms with Crippen molar-refractivity contribution >= 4 is 29.9 Å². The van der Waals surface area contributed by atoms with Gasteiger partial charge in [-0.05, 0) is 19.8 Å². The van der Waals surface area contributed by atoms with Gasteiger partial charge < -0.3 is 25.4 Å². The number of carboxylic acid groups (broad SMARTS) is 2. The summed E-state index contributed by atoms with van der Waals surface area (Å²) in [6.07, 6.45) is -2.04. The van der Waals surface area contributed by atoms with Gasteiger partial charge >= 0.3 is 12.2 Å². The van der Waals surface area contributed by atoms with E-state index in [9.17, 15) is 19.5 Å². The van der Waals surface area contributed by atoms with Crippen LogP contribution in [-0.4, -0.2) is 80.4 Å². The lowest BCUT2D eigenvalue weighted by Gasteiger charge is -2.43. The number of rotatable bonds is 5. The topological polar surface area (TPSA) is 140 Å². The Morgan fingerprint density at radius 3 is 2.54 bits per heavy atom. The van der Waals surface area contributed by atoms with Crippen LogP contribution in [0.25, 0.3) is 0 Å². The number of aliphatic hydroxyl groups excluding tert-OH is 1. The normalized spacial score (nSPS) is 27.8. The van der Waals surface area contributed by atoms with Crippen molar-refractivity contribution in [2.45, 2.75) is 37.3 Å². The molecule has 2 saturated heterocycles. The minimum Gasteiger partial charge on any atom is -0.465 e. The van der Waals surface area contributed by atoms with Crippen molar-refractivity contribution in [2.24, 2.45) is 5.92 Å². The molecular formula is C15H21N3O7S. The molecule has 10 nitrogen and oxygen atoms in total. The molecule has 3 atom stereocenters. The summed E-state index contributed by atoms with van der Waals surface area (Å²) in [6.45, 7) is 3.25. The summed E-state index contributed by atoms with van der Waals surface area (Å²) in [5.74, 6) is -0.885. The van der Waals surface area contributed by atoms with Crippen molar-refractivity contribution in [3.8, 4) is 0 Å². The molecule has 0 aromatic rings. The van der Waals surface area contributed by atoms with Crippen LogP contribution in [0.1, 0.15) is 19.8 Å². The Balaban J connectivity index is 1.66. The van der Waals surface area contributed by atoms with E-state index in [1.54, 1.807) is 0 Å². The quantitative estimate of drug-likeness (QED) is 0.392. The Labute approximate surface area is 153 Å². The summed E-state index contributed by atoms with van der Waals surface area (Å²) in [5.41, 5.74) is 0. The molecule has 0 radical (unpaired) electrons. The number of likely N-dealkylation sites (tertiary alicyclic amines) is 1. The zero-order valence-corrected chi connectivity index (χ0v) is 14.9. The molecule has 144 valence electrons. The maximum absolute atomic E-state index is 12.2. The van der Waals surface area contributed by atoms with Gasteiger partial charge in [0.15, 0.2) is 0 Å². The van der Waals surface area contributed by atoms with E-state index < -0.39 is 24.3 Å². The van der Waals surface area contributed by atoms with Crippen LogP contribution in [0.15, 0.2) is 10.8 Å². The standard InChI is InChI=1S/C15H21N3O7S/c1-7(19)10-11(20)18-12(25-15(23)24)9(26-13(10)18)6-17-4-2-8(3-5-17)16-14(21)22/h7-8,10,13,16,19H,2-6H2,1H3,(H,21,22)(H,23,24)/t7-,10+,13-/m1/s1. The molecule has 0 unspecified atom stereocenters. The Bertz CT molecular complexity index is 645. The number of aliphatic hydroxyl groups is 1. The third kappa shape index (κ3) is 3.60. The number of hydrogen-bond acceptors (Lipinski definition) is 7. The van der Waals surface area contributed by atoms with E-state index in [4.69, 9.17) is 14.9 Å². The zero-order chi connectivity index (χ0) is 19.0. The maximum atomic E-state index is 12.2. The van der Waals surface area contributed by atoms with Gasteiger partial charge in [0.1, 0.15) is 5.37 Å². The van der Waals surface area contributed by atoms with Crippen molar-refractivity contribution in [2.75, 3.05) is 19.6 Å². The van der Waals surface area contributed by atoms with E-state index in [0.29, 0.717) is 37.4 Å². The lowest BCUT2D eigenvalue weighted by molar-refractivity contribution is -0.155. The average Bonchev–Trinajstić information content (AvgIpc) is 2.81. The summed E-state index contributed by atoms with van der Waals surface area (Å²) in [4.78, 5) is 37.9. The molecule has 4 N–H and O–H groups in total. The Morgan fingerprint density at radius 2 is 2.00 bits per heavy atom. The first kappa shape index (κ1) is 18.8. The highest BCUT2D eigenvalue weighted by atomic mass is 32.2. The maximum Gasteiger partial charge on any atom is 0.512 e. The van der Waals surface area contributed by atoms with Gasteiger partial charge in [0.25, 0.3) is 0 Å². The summed E-state index contributed by atoms with van der Waals surface area (Å²) >= 11 is 1.34. The van der Waals surface area contributed by atoms with E-state index in [0.717, 1.165) is 0 Å². The fraction of sp³-hybridized carbons (Fsp3) is 0.667. The first-order valence-corrected chi connectivity index (χ1v) is 9.19. The second-order valence-electron chi connectivity index (χ2n) is 6.58. The van der Waals surface area contributed by atoms with Crippen molar-refractivity contribution in [3.05, 3.63) is 10.8 Å². The number of nitrogens with one attached hydrogen (secondary N) is 1. The van der Waals surface area contributed by atoms with Crippen LogP contribution in [0.4, 0.5) is 9.59 Å². The smallest absolute Gasteiger partial charge is 0.465 e. The zero-order valence-electron chi connectivity index (χ0n) is 14.1. The number of amides is 2. The number of hydrogen-bond donors (Lipinski definition) is 4. The molecule has 26 heavy (non-hydrogen) atoms.